The van der Waals surface area contributed by atoms with Gasteiger partial charge in [-0.3, -0.25) is 38.4 Å². The number of amides is 8. The molecule has 8 aromatic rings. The van der Waals surface area contributed by atoms with E-state index in [1.807, 2.05) is 48.0 Å². The molecule has 0 aromatic carbocycles. The van der Waals surface area contributed by atoms with Crippen LogP contribution in [0.5, 0.6) is 0 Å². The Hall–Kier alpha value is -10.2. The molecular formula is C108H148F2N20O13S5. The largest absolute Gasteiger partial charge is 0.393 e. The van der Waals surface area contributed by atoms with Gasteiger partial charge in [-0.15, -0.1) is 45.3 Å². The van der Waals surface area contributed by atoms with E-state index in [4.69, 9.17) is 4.98 Å². The summed E-state index contributed by atoms with van der Waals surface area (Å²) in [4.78, 5) is 153. The minimum absolute atomic E-state index is 0.0445. The molecule has 40 heteroatoms. The maximum Gasteiger partial charge on any atom is 0.280 e. The number of thiazole rings is 4. The van der Waals surface area contributed by atoms with Crippen molar-refractivity contribution < 1.29 is 70.9 Å². The first-order valence-corrected chi connectivity index (χ1v) is 59.0. The summed E-state index contributed by atoms with van der Waals surface area (Å²) in [6.07, 6.45) is 38.9. The van der Waals surface area contributed by atoms with E-state index in [0.29, 0.717) is 152 Å². The second-order valence-corrected chi connectivity index (χ2v) is 49.9. The third-order valence-electron chi connectivity index (χ3n) is 30.2. The Balaban J connectivity index is 0.000000141. The van der Waals surface area contributed by atoms with Crippen molar-refractivity contribution >= 4 is 126 Å². The number of hydrogen-bond acceptors (Lipinski definition) is 29. The van der Waals surface area contributed by atoms with Crippen LogP contribution in [0.2, 0.25) is 0 Å². The Morgan fingerprint density at radius 1 is 0.399 bits per heavy atom. The van der Waals surface area contributed by atoms with Crippen LogP contribution in [0.15, 0.2) is 49.1 Å². The number of aliphatic hydroxyl groups is 3. The number of nitrogens with one attached hydrogen (secondary N) is 8. The molecule has 11 fully saturated rings. The number of nitrogens with zero attached hydrogens (tertiary/aromatic N) is 12. The second kappa shape index (κ2) is 49.9. The van der Waals surface area contributed by atoms with Crippen molar-refractivity contribution in [2.75, 3.05) is 85.1 Å². The van der Waals surface area contributed by atoms with Gasteiger partial charge in [0.15, 0.2) is 20.0 Å². The van der Waals surface area contributed by atoms with Crippen molar-refractivity contribution in [3.8, 4) is 41.8 Å². The highest BCUT2D eigenvalue weighted by molar-refractivity contribution is 7.91. The van der Waals surface area contributed by atoms with Crippen LogP contribution in [-0.2, 0) is 16.3 Å². The number of alkyl halides is 2. The maximum absolute atomic E-state index is 14.0. The van der Waals surface area contributed by atoms with Crippen LogP contribution in [-0.4, -0.2) is 272 Å². The molecule has 5 saturated heterocycles. The fourth-order valence-corrected chi connectivity index (χ4v) is 26.8. The standard InChI is InChI=1S/C30H41N5O4S2.C27H38FN5O3S.C26H36FN5O3S.C25H33N5O3S/c1-19-7-5-6-14-35(19)30(37)26-27(40-29(34-26)28(36)33-22-12-15-41(38,39)16-13-22)24-18-31-25(17-23(24)20-10-11-20)32-21-8-3-2-4-9-21;1-4-17-14-21(31-19-8-6-5-7-9-19)29-15-20(17)23-22(26(35)33-12-10-18(28)11-13-33)32-25(37-23)24(34)30-16-27(2,3)36;1-16-13-20(30-18-7-5-4-6-8-18)28-14-19(16)22-21(25(34)32-11-9-17(27)10-12-32)31-24(36-22)23(33)29-15-26(2,3)35;1-14-10-20(27-16-7-3-4-8-16)26-13-19(14)22-21(25(33)30-9-5-6-15(30)2)29-24(34-22)23(32)28-17-11-18(31)12-17/h17-22H,2-16H2,1H3,(H,31,32)(H,33,36);14-15,18-19,36H,4-13,16H2,1-3H3,(H,29,31)(H,30,34);13-14,17-18,35H,4-12,15H2,1-3H3,(H,28,30)(H,29,33);10,13,15-18,31H,3-9,11-12H2,1-2H3,(H,26,27)(H,28,32)/t19-;;;15-,17?,18?/m0..0/s1. The summed E-state index contributed by atoms with van der Waals surface area (Å²) in [6.45, 7) is 19.3. The molecule has 2 atom stereocenters. The Bertz CT molecular complexity index is 6100. The normalized spacial score (nSPS) is 21.0. The number of sulfone groups is 1. The molecule has 11 N–H and O–H groups in total. The van der Waals surface area contributed by atoms with E-state index in [0.717, 1.165) is 175 Å². The molecule has 19 rings (SSSR count). The fraction of sp³-hybridized carbons (Fsp3) is 0.630. The first kappa shape index (κ1) is 110. The van der Waals surface area contributed by atoms with Crippen LogP contribution >= 0.6 is 45.3 Å². The first-order valence-electron chi connectivity index (χ1n) is 53.9. The van der Waals surface area contributed by atoms with E-state index in [1.165, 1.54) is 112 Å². The number of pyridine rings is 4. The quantitative estimate of drug-likeness (QED) is 0.0217. The van der Waals surface area contributed by atoms with Gasteiger partial charge in [0.1, 0.15) is 68.2 Å². The molecule has 5 aliphatic heterocycles. The fourth-order valence-electron chi connectivity index (χ4n) is 21.2. The van der Waals surface area contributed by atoms with Crippen LogP contribution in [0.25, 0.3) is 41.8 Å². The molecule has 802 valence electrons. The molecule has 0 bridgehead atoms. The molecule has 6 aliphatic carbocycles. The highest BCUT2D eigenvalue weighted by Gasteiger charge is 2.41. The lowest BCUT2D eigenvalue weighted by atomic mass is 9.89. The molecule has 0 radical (unpaired) electrons. The van der Waals surface area contributed by atoms with E-state index in [-0.39, 0.29) is 122 Å². The van der Waals surface area contributed by atoms with Gasteiger partial charge in [0, 0.05) is 148 Å². The molecule has 0 spiro atoms. The van der Waals surface area contributed by atoms with Gasteiger partial charge in [-0.25, -0.2) is 57.1 Å². The number of likely N-dealkylation sites (tertiary alicyclic amines) is 4. The summed E-state index contributed by atoms with van der Waals surface area (Å²) in [7, 11) is -3.03. The maximum atomic E-state index is 14.0. The molecule has 11 aliphatic rings. The molecular weight excluding hydrogens is 1980 g/mol. The van der Waals surface area contributed by atoms with Crippen molar-refractivity contribution in [2.45, 2.75) is 371 Å². The first-order chi connectivity index (χ1) is 70.9. The lowest BCUT2D eigenvalue weighted by Gasteiger charge is -2.33. The van der Waals surface area contributed by atoms with Crippen molar-refractivity contribution in [3.63, 3.8) is 0 Å². The number of aromatic nitrogens is 8. The van der Waals surface area contributed by atoms with Gasteiger partial charge >= 0.3 is 0 Å². The highest BCUT2D eigenvalue weighted by atomic mass is 32.2. The third-order valence-corrected chi connectivity index (χ3v) is 36.3. The lowest BCUT2D eigenvalue weighted by molar-refractivity contribution is 0.0559. The van der Waals surface area contributed by atoms with Gasteiger partial charge in [0.25, 0.3) is 47.3 Å². The summed E-state index contributed by atoms with van der Waals surface area (Å²) in [5, 5.41) is 55.9. The van der Waals surface area contributed by atoms with Gasteiger partial charge in [0.05, 0.1) is 48.3 Å². The number of piperidine rings is 3. The minimum atomic E-state index is -3.03. The van der Waals surface area contributed by atoms with E-state index in [9.17, 15) is 70.9 Å². The van der Waals surface area contributed by atoms with Gasteiger partial charge in [-0.1, -0.05) is 77.6 Å². The van der Waals surface area contributed by atoms with Crippen molar-refractivity contribution in [1.82, 2.24) is 80.7 Å². The number of aryl methyl sites for hydroxylation is 3. The topological polar surface area (TPSA) is 444 Å². The zero-order chi connectivity index (χ0) is 105. The second-order valence-electron chi connectivity index (χ2n) is 43.6. The number of carbonyl (C=O) groups excluding carboxylic acids is 8. The Morgan fingerprint density at radius 3 is 1.11 bits per heavy atom. The number of rotatable bonds is 28. The molecule has 148 heavy (non-hydrogen) atoms. The van der Waals surface area contributed by atoms with E-state index < -0.39 is 45.2 Å². The number of aliphatic hydroxyl groups excluding tert-OH is 1. The molecule has 8 amide bonds. The molecule has 33 nitrogen and oxygen atoms in total. The van der Waals surface area contributed by atoms with Gasteiger partial charge in [0.2, 0.25) is 0 Å². The van der Waals surface area contributed by atoms with Gasteiger partial charge in [-0.05, 0) is 262 Å². The zero-order valence-electron chi connectivity index (χ0n) is 87.0. The summed E-state index contributed by atoms with van der Waals surface area (Å²) in [6, 6.07) is 9.95. The Kier molecular flexibility index (Phi) is 37.2. The van der Waals surface area contributed by atoms with Crippen LogP contribution in [0, 0.1) is 13.8 Å². The minimum Gasteiger partial charge on any atom is -0.393 e. The third kappa shape index (κ3) is 29.2. The number of halogens is 2. The number of hydrogen-bond donors (Lipinski definition) is 11. The monoisotopic (exact) mass is 2130 g/mol. The predicted molar refractivity (Wildman–Crippen MR) is 577 cm³/mol. The van der Waals surface area contributed by atoms with E-state index in [2.05, 4.69) is 104 Å². The summed E-state index contributed by atoms with van der Waals surface area (Å²) in [5.74, 6) is 1.53. The van der Waals surface area contributed by atoms with Gasteiger partial charge in [-0.2, -0.15) is 0 Å². The molecule has 6 saturated carbocycles. The number of carbonyl (C=O) groups is 8. The van der Waals surface area contributed by atoms with Gasteiger partial charge < -0.3 is 77.5 Å². The van der Waals surface area contributed by atoms with Crippen LogP contribution in [0.4, 0.5) is 32.1 Å². The average molecular weight is 2130 g/mol. The molecule has 13 heterocycles. The SMILES string of the molecule is CCc1cc(NC2CCCCC2)ncc1-c1sc(C(=O)NCC(C)(C)O)nc1C(=O)N1CCC(F)CC1.C[C@H]1CCCCN1C(=O)c1nc(C(=O)NC2CCS(=O)(=O)CC2)sc1-c1cnc(NC2CCCCC2)cc1C1CC1.Cc1cc(NC2CCCC2)ncc1-c1sc(C(=O)NC2CC(O)C2)nc1C(=O)N1CCC[C@@H]1C.Cc1cc(NC2CCCCC2)ncc1-c1sc(C(=O)NCC(C)(C)O)nc1C(=O)N1CCC(F)CC1. The predicted octanol–water partition coefficient (Wildman–Crippen LogP) is 17.8. The van der Waals surface area contributed by atoms with E-state index >= 15 is 0 Å². The summed E-state index contributed by atoms with van der Waals surface area (Å²) < 4.78 is 51.1. The Labute approximate surface area is 883 Å². The highest BCUT2D eigenvalue weighted by Crippen LogP contribution is 2.49. The van der Waals surface area contributed by atoms with Crippen molar-refractivity contribution in [1.29, 1.82) is 0 Å². The molecule has 8 aromatic heterocycles. The summed E-state index contributed by atoms with van der Waals surface area (Å²) in [5.41, 5.74) is 6.25. The molecule has 0 unspecified atom stereocenters. The van der Waals surface area contributed by atoms with Crippen molar-refractivity contribution in [3.05, 3.63) is 114 Å². The summed E-state index contributed by atoms with van der Waals surface area (Å²) >= 11 is 4.78. The number of anilines is 4. The van der Waals surface area contributed by atoms with Crippen molar-refractivity contribution in [2.24, 2.45) is 0 Å². The lowest BCUT2D eigenvalue weighted by Crippen LogP contribution is -2.46. The van der Waals surface area contributed by atoms with Crippen LogP contribution in [0.3, 0.4) is 0 Å². The average Bonchev–Trinajstić information content (AvgIpc) is 1.62. The zero-order valence-corrected chi connectivity index (χ0v) is 91.0. The smallest absolute Gasteiger partial charge is 0.280 e. The van der Waals surface area contributed by atoms with Crippen LogP contribution < -0.4 is 42.5 Å². The van der Waals surface area contributed by atoms with E-state index in [1.54, 1.807) is 56.1 Å². The van der Waals surface area contributed by atoms with Crippen LogP contribution in [0.1, 0.15) is 376 Å². The Morgan fingerprint density at radius 2 is 0.736 bits per heavy atom.